The molecule has 27 heavy (non-hydrogen) atoms. The second-order valence-electron chi connectivity index (χ2n) is 5.63. The van der Waals surface area contributed by atoms with Crippen molar-refractivity contribution in [2.75, 3.05) is 19.8 Å². The SMILES string of the molecule is C#N.CN(C)C(c1ccc(N=C(N)c2c(N)cc[nH]c2=O)cc1)C(F)(F)F. The van der Waals surface area contributed by atoms with E-state index in [0.29, 0.717) is 5.69 Å². The number of nitrogen functional groups attached to an aromatic ring is 1. The first-order valence-corrected chi connectivity index (χ1v) is 7.52. The van der Waals surface area contributed by atoms with E-state index in [2.05, 4.69) is 16.5 Å². The summed E-state index contributed by atoms with van der Waals surface area (Å²) in [5.41, 5.74) is 11.6. The van der Waals surface area contributed by atoms with Crippen molar-refractivity contribution in [1.82, 2.24) is 9.88 Å². The van der Waals surface area contributed by atoms with Gasteiger partial charge in [-0.25, -0.2) is 10.3 Å². The van der Waals surface area contributed by atoms with Crippen molar-refractivity contribution in [3.05, 3.63) is 58.0 Å². The molecule has 0 saturated carbocycles. The minimum atomic E-state index is -4.40. The molecule has 0 radical (unpaired) electrons. The number of hydrogen-bond acceptors (Lipinski definition) is 5. The molecule has 2 aromatic rings. The van der Waals surface area contributed by atoms with Gasteiger partial charge in [0.15, 0.2) is 0 Å². The number of hydrogen-bond donors (Lipinski definition) is 3. The van der Waals surface area contributed by atoms with Crippen molar-refractivity contribution in [2.24, 2.45) is 10.7 Å². The largest absolute Gasteiger partial charge is 0.408 e. The highest BCUT2D eigenvalue weighted by molar-refractivity contribution is 6.02. The summed E-state index contributed by atoms with van der Waals surface area (Å²) in [4.78, 5) is 19.3. The van der Waals surface area contributed by atoms with Crippen LogP contribution in [-0.2, 0) is 0 Å². The Hall–Kier alpha value is -3.32. The maximum atomic E-state index is 13.1. The number of nitriles is 1. The Kier molecular flexibility index (Phi) is 7.13. The molecular formula is C17H19F3N6O. The molecule has 1 aromatic heterocycles. The van der Waals surface area contributed by atoms with Crippen molar-refractivity contribution < 1.29 is 13.2 Å². The Morgan fingerprint density at radius 3 is 2.22 bits per heavy atom. The van der Waals surface area contributed by atoms with Crippen LogP contribution < -0.4 is 17.0 Å². The van der Waals surface area contributed by atoms with Gasteiger partial charge in [-0.05, 0) is 37.9 Å². The van der Waals surface area contributed by atoms with Crippen molar-refractivity contribution in [3.63, 3.8) is 0 Å². The number of anilines is 1. The molecule has 1 heterocycles. The molecule has 0 bridgehead atoms. The van der Waals surface area contributed by atoms with Gasteiger partial charge in [0.05, 0.1) is 5.69 Å². The number of halogens is 3. The fourth-order valence-electron chi connectivity index (χ4n) is 2.46. The Morgan fingerprint density at radius 2 is 1.78 bits per heavy atom. The topological polar surface area (TPSA) is 124 Å². The lowest BCUT2D eigenvalue weighted by atomic mass is 10.1. The van der Waals surface area contributed by atoms with Crippen LogP contribution in [0.5, 0.6) is 0 Å². The molecule has 0 saturated heterocycles. The molecule has 144 valence electrons. The van der Waals surface area contributed by atoms with Gasteiger partial charge in [-0.2, -0.15) is 13.2 Å². The third-order valence-electron chi connectivity index (χ3n) is 3.53. The average Bonchev–Trinajstić information content (AvgIpc) is 2.56. The van der Waals surface area contributed by atoms with E-state index in [4.69, 9.17) is 16.7 Å². The summed E-state index contributed by atoms with van der Waals surface area (Å²) in [6.07, 6.45) is -3.03. The van der Waals surface area contributed by atoms with Gasteiger partial charge < -0.3 is 16.5 Å². The molecule has 0 spiro atoms. The zero-order valence-corrected chi connectivity index (χ0v) is 14.7. The van der Waals surface area contributed by atoms with Crippen molar-refractivity contribution in [3.8, 4) is 6.57 Å². The van der Waals surface area contributed by atoms with Crippen LogP contribution in [-0.4, -0.2) is 36.0 Å². The highest BCUT2D eigenvalue weighted by Gasteiger charge is 2.42. The normalized spacial score (nSPS) is 13.0. The molecule has 0 aliphatic carbocycles. The minimum absolute atomic E-state index is 0.0213. The van der Waals surface area contributed by atoms with Gasteiger partial charge in [-0.15, -0.1) is 0 Å². The van der Waals surface area contributed by atoms with Crippen LogP contribution in [0.4, 0.5) is 24.5 Å². The van der Waals surface area contributed by atoms with E-state index >= 15 is 0 Å². The number of alkyl halides is 3. The van der Waals surface area contributed by atoms with Crippen molar-refractivity contribution >= 4 is 17.2 Å². The maximum Gasteiger partial charge on any atom is 0.408 e. The molecule has 10 heteroatoms. The second-order valence-corrected chi connectivity index (χ2v) is 5.63. The molecule has 0 amide bonds. The third-order valence-corrected chi connectivity index (χ3v) is 3.53. The Balaban J connectivity index is 0.00000176. The van der Waals surface area contributed by atoms with Crippen LogP contribution in [0, 0.1) is 11.8 Å². The molecular weight excluding hydrogens is 361 g/mol. The van der Waals surface area contributed by atoms with Crippen LogP contribution in [0.15, 0.2) is 46.3 Å². The minimum Gasteiger partial charge on any atom is -0.398 e. The van der Waals surface area contributed by atoms with E-state index in [9.17, 15) is 18.0 Å². The quantitative estimate of drug-likeness (QED) is 0.554. The highest BCUT2D eigenvalue weighted by atomic mass is 19.4. The van der Waals surface area contributed by atoms with Crippen LogP contribution >= 0.6 is 0 Å². The number of aromatic amines is 1. The number of H-pyrrole nitrogens is 1. The van der Waals surface area contributed by atoms with Gasteiger partial charge in [-0.1, -0.05) is 12.1 Å². The maximum absolute atomic E-state index is 13.1. The molecule has 0 aliphatic rings. The first kappa shape index (κ1) is 21.7. The molecule has 1 unspecified atom stereocenters. The number of nitrogens with one attached hydrogen (secondary N) is 1. The lowest BCUT2D eigenvalue weighted by Gasteiger charge is -2.27. The predicted octanol–water partition coefficient (Wildman–Crippen LogP) is 2.30. The van der Waals surface area contributed by atoms with Crippen molar-refractivity contribution in [1.29, 1.82) is 5.26 Å². The Labute approximate surface area is 153 Å². The van der Waals surface area contributed by atoms with E-state index in [0.717, 1.165) is 4.90 Å². The number of amidine groups is 1. The van der Waals surface area contributed by atoms with E-state index in [1.807, 2.05) is 0 Å². The van der Waals surface area contributed by atoms with Gasteiger partial charge in [0.2, 0.25) is 0 Å². The van der Waals surface area contributed by atoms with Crippen LogP contribution in [0.3, 0.4) is 0 Å². The molecule has 0 aliphatic heterocycles. The average molecular weight is 380 g/mol. The monoisotopic (exact) mass is 380 g/mol. The first-order valence-electron chi connectivity index (χ1n) is 7.52. The van der Waals surface area contributed by atoms with Gasteiger partial charge >= 0.3 is 6.18 Å². The summed E-state index contributed by atoms with van der Waals surface area (Å²) >= 11 is 0. The van der Waals surface area contributed by atoms with Crippen LogP contribution in [0.2, 0.25) is 0 Å². The zero-order chi connectivity index (χ0) is 20.8. The Bertz CT molecular complexity index is 869. The lowest BCUT2D eigenvalue weighted by molar-refractivity contribution is -0.179. The van der Waals surface area contributed by atoms with E-state index in [1.165, 1.54) is 50.6 Å². The molecule has 0 fully saturated rings. The molecule has 7 nitrogen and oxygen atoms in total. The first-order chi connectivity index (χ1) is 12.6. The summed E-state index contributed by atoms with van der Waals surface area (Å²) in [7, 11) is 2.71. The summed E-state index contributed by atoms with van der Waals surface area (Å²) in [6, 6.07) is 5.18. The summed E-state index contributed by atoms with van der Waals surface area (Å²) in [6.45, 7) is 3.50. The number of aliphatic imine (C=N–C) groups is 1. The Morgan fingerprint density at radius 1 is 1.22 bits per heavy atom. The second kappa shape index (κ2) is 8.86. The number of rotatable bonds is 4. The van der Waals surface area contributed by atoms with E-state index < -0.39 is 17.8 Å². The number of pyridine rings is 1. The molecule has 2 rings (SSSR count). The van der Waals surface area contributed by atoms with Gasteiger partial charge in [0, 0.05) is 18.5 Å². The van der Waals surface area contributed by atoms with E-state index in [-0.39, 0.29) is 22.6 Å². The smallest absolute Gasteiger partial charge is 0.398 e. The van der Waals surface area contributed by atoms with Gasteiger partial charge in [-0.3, -0.25) is 9.69 Å². The number of benzene rings is 1. The van der Waals surface area contributed by atoms with Gasteiger partial charge in [0.1, 0.15) is 17.4 Å². The lowest BCUT2D eigenvalue weighted by Crippen LogP contribution is -2.33. The summed E-state index contributed by atoms with van der Waals surface area (Å²) in [5.74, 6) is -0.118. The molecule has 5 N–H and O–H groups in total. The number of nitrogens with two attached hydrogens (primary N) is 2. The summed E-state index contributed by atoms with van der Waals surface area (Å²) < 4.78 is 39.4. The zero-order valence-electron chi connectivity index (χ0n) is 14.7. The summed E-state index contributed by atoms with van der Waals surface area (Å²) in [5, 5.41) is 6.50. The van der Waals surface area contributed by atoms with Crippen molar-refractivity contribution in [2.45, 2.75) is 12.2 Å². The fraction of sp³-hybridized carbons (Fsp3) is 0.235. The number of aromatic nitrogens is 1. The number of nitrogens with zero attached hydrogens (tertiary/aromatic N) is 3. The highest BCUT2D eigenvalue weighted by Crippen LogP contribution is 2.36. The predicted molar refractivity (Wildman–Crippen MR) is 97.5 cm³/mol. The van der Waals surface area contributed by atoms with Crippen LogP contribution in [0.25, 0.3) is 0 Å². The third kappa shape index (κ3) is 5.32. The molecule has 1 aromatic carbocycles. The fourth-order valence-corrected chi connectivity index (χ4v) is 2.46. The molecule has 1 atom stereocenters. The van der Waals surface area contributed by atoms with Gasteiger partial charge in [0.25, 0.3) is 5.56 Å². The van der Waals surface area contributed by atoms with Crippen LogP contribution in [0.1, 0.15) is 17.2 Å². The standard InChI is InChI=1S/C16H18F3N5O.CHN/c1-24(2)13(16(17,18)19)9-3-5-10(6-4-9)23-14(21)12-11(20)7-8-22-15(12)25;1-2/h3-8,13H,1-2H3,(H2,21,23)(H3,20,22,25);1H. The van der Waals surface area contributed by atoms with E-state index in [1.54, 1.807) is 0 Å².